The predicted octanol–water partition coefficient (Wildman–Crippen LogP) is 0.527. The average Bonchev–Trinajstić information content (AvgIpc) is 2.27. The van der Waals surface area contributed by atoms with Crippen LogP contribution in [0.3, 0.4) is 0 Å². The summed E-state index contributed by atoms with van der Waals surface area (Å²) < 4.78 is 5.01. The Labute approximate surface area is 91.8 Å². The van der Waals surface area contributed by atoms with Gasteiger partial charge in [0.15, 0.2) is 0 Å². The van der Waals surface area contributed by atoms with E-state index in [0.717, 1.165) is 19.4 Å². The second-order valence-electron chi connectivity index (χ2n) is 4.31. The first-order valence-corrected chi connectivity index (χ1v) is 5.74. The fourth-order valence-corrected chi connectivity index (χ4v) is 1.82. The zero-order valence-electron chi connectivity index (χ0n) is 9.71. The summed E-state index contributed by atoms with van der Waals surface area (Å²) in [6.07, 6.45) is 3.30. The van der Waals surface area contributed by atoms with Crippen LogP contribution in [0.1, 0.15) is 26.2 Å². The zero-order valence-corrected chi connectivity index (χ0v) is 9.71. The highest BCUT2D eigenvalue weighted by Gasteiger charge is 2.20. The van der Waals surface area contributed by atoms with Gasteiger partial charge in [-0.3, -0.25) is 4.79 Å². The molecule has 1 rings (SSSR count). The van der Waals surface area contributed by atoms with E-state index in [2.05, 4.69) is 17.6 Å². The Bertz CT molecular complexity index is 191. The van der Waals surface area contributed by atoms with Gasteiger partial charge in [-0.25, -0.2) is 0 Å². The lowest BCUT2D eigenvalue weighted by Crippen LogP contribution is -2.47. The maximum atomic E-state index is 11.7. The van der Waals surface area contributed by atoms with Gasteiger partial charge in [-0.15, -0.1) is 0 Å². The Morgan fingerprint density at radius 3 is 3.00 bits per heavy atom. The molecule has 15 heavy (non-hydrogen) atoms. The van der Waals surface area contributed by atoms with Gasteiger partial charge in [0.25, 0.3) is 0 Å². The topological polar surface area (TPSA) is 50.4 Å². The van der Waals surface area contributed by atoms with Crippen molar-refractivity contribution in [2.24, 2.45) is 5.92 Å². The van der Waals surface area contributed by atoms with Gasteiger partial charge < -0.3 is 15.4 Å². The molecule has 0 aromatic heterocycles. The van der Waals surface area contributed by atoms with Crippen LogP contribution in [0, 0.1) is 5.92 Å². The van der Waals surface area contributed by atoms with Gasteiger partial charge in [0, 0.05) is 13.7 Å². The van der Waals surface area contributed by atoms with Gasteiger partial charge in [-0.1, -0.05) is 13.3 Å². The standard InChI is InChI=1S/C11H22N2O2/c1-9(8-15-2)7-13-11(14)10-5-3-4-6-12-10/h9-10,12H,3-8H2,1-2H3,(H,13,14). The Hall–Kier alpha value is -0.610. The molecule has 0 aromatic rings. The van der Waals surface area contributed by atoms with E-state index in [4.69, 9.17) is 4.74 Å². The van der Waals surface area contributed by atoms with Crippen molar-refractivity contribution in [2.75, 3.05) is 26.8 Å². The highest BCUT2D eigenvalue weighted by atomic mass is 16.5. The van der Waals surface area contributed by atoms with Gasteiger partial charge in [-0.2, -0.15) is 0 Å². The molecule has 4 heteroatoms. The van der Waals surface area contributed by atoms with E-state index in [0.29, 0.717) is 19.1 Å². The van der Waals surface area contributed by atoms with E-state index >= 15 is 0 Å². The van der Waals surface area contributed by atoms with Gasteiger partial charge >= 0.3 is 0 Å². The van der Waals surface area contributed by atoms with Crippen molar-refractivity contribution in [3.8, 4) is 0 Å². The Balaban J connectivity index is 2.16. The Morgan fingerprint density at radius 2 is 2.40 bits per heavy atom. The maximum absolute atomic E-state index is 11.7. The molecule has 1 amide bonds. The minimum absolute atomic E-state index is 0.0218. The summed E-state index contributed by atoms with van der Waals surface area (Å²) in [6.45, 7) is 4.42. The smallest absolute Gasteiger partial charge is 0.237 e. The maximum Gasteiger partial charge on any atom is 0.237 e. The largest absolute Gasteiger partial charge is 0.384 e. The van der Waals surface area contributed by atoms with Crippen molar-refractivity contribution in [2.45, 2.75) is 32.2 Å². The van der Waals surface area contributed by atoms with Crippen LogP contribution >= 0.6 is 0 Å². The van der Waals surface area contributed by atoms with Crippen molar-refractivity contribution in [1.82, 2.24) is 10.6 Å². The normalized spacial score (nSPS) is 23.5. The van der Waals surface area contributed by atoms with Crippen molar-refractivity contribution in [1.29, 1.82) is 0 Å². The van der Waals surface area contributed by atoms with E-state index in [-0.39, 0.29) is 11.9 Å². The molecular weight excluding hydrogens is 192 g/mol. The summed E-state index contributed by atoms with van der Waals surface area (Å²) in [5, 5.41) is 6.19. The molecule has 88 valence electrons. The second-order valence-corrected chi connectivity index (χ2v) is 4.31. The van der Waals surface area contributed by atoms with Gasteiger partial charge in [0.05, 0.1) is 12.6 Å². The van der Waals surface area contributed by atoms with Gasteiger partial charge in [-0.05, 0) is 25.3 Å². The number of hydrogen-bond acceptors (Lipinski definition) is 3. The lowest BCUT2D eigenvalue weighted by Gasteiger charge is -2.23. The minimum atomic E-state index is 0.0218. The fourth-order valence-electron chi connectivity index (χ4n) is 1.82. The van der Waals surface area contributed by atoms with Crippen LogP contribution in [0.5, 0.6) is 0 Å². The minimum Gasteiger partial charge on any atom is -0.384 e. The molecule has 1 fully saturated rings. The molecule has 0 spiro atoms. The third-order valence-corrected chi connectivity index (χ3v) is 2.70. The molecule has 2 unspecified atom stereocenters. The van der Waals surface area contributed by atoms with E-state index in [1.807, 2.05) is 0 Å². The first-order valence-electron chi connectivity index (χ1n) is 5.74. The molecule has 4 nitrogen and oxygen atoms in total. The first kappa shape index (κ1) is 12.5. The number of hydrogen-bond donors (Lipinski definition) is 2. The van der Waals surface area contributed by atoms with Crippen LogP contribution in [-0.4, -0.2) is 38.8 Å². The summed E-state index contributed by atoms with van der Waals surface area (Å²) >= 11 is 0. The molecule has 1 saturated heterocycles. The van der Waals surface area contributed by atoms with Crippen LogP contribution in [0.25, 0.3) is 0 Å². The molecular formula is C11H22N2O2. The lowest BCUT2D eigenvalue weighted by atomic mass is 10.0. The lowest BCUT2D eigenvalue weighted by molar-refractivity contribution is -0.123. The monoisotopic (exact) mass is 214 g/mol. The summed E-state index contributed by atoms with van der Waals surface area (Å²) in [5.41, 5.74) is 0. The van der Waals surface area contributed by atoms with Crippen LogP contribution in [0.15, 0.2) is 0 Å². The van der Waals surface area contributed by atoms with E-state index in [1.165, 1.54) is 6.42 Å². The van der Waals surface area contributed by atoms with E-state index in [1.54, 1.807) is 7.11 Å². The second kappa shape index (κ2) is 6.80. The van der Waals surface area contributed by atoms with Crippen molar-refractivity contribution < 1.29 is 9.53 Å². The number of carbonyl (C=O) groups is 1. The van der Waals surface area contributed by atoms with Crippen molar-refractivity contribution in [3.63, 3.8) is 0 Å². The predicted molar refractivity (Wildman–Crippen MR) is 59.7 cm³/mol. The van der Waals surface area contributed by atoms with Crippen molar-refractivity contribution >= 4 is 5.91 Å². The summed E-state index contributed by atoms with van der Waals surface area (Å²) in [7, 11) is 1.68. The Morgan fingerprint density at radius 1 is 1.60 bits per heavy atom. The zero-order chi connectivity index (χ0) is 11.1. The molecule has 2 atom stereocenters. The van der Waals surface area contributed by atoms with Gasteiger partial charge in [0.1, 0.15) is 0 Å². The highest BCUT2D eigenvalue weighted by Crippen LogP contribution is 2.06. The van der Waals surface area contributed by atoms with Crippen LogP contribution in [0.4, 0.5) is 0 Å². The number of piperidine rings is 1. The number of nitrogens with one attached hydrogen (secondary N) is 2. The number of amides is 1. The quantitative estimate of drug-likeness (QED) is 0.702. The van der Waals surface area contributed by atoms with Crippen LogP contribution in [-0.2, 0) is 9.53 Å². The first-order chi connectivity index (χ1) is 7.24. The van der Waals surface area contributed by atoms with E-state index < -0.39 is 0 Å². The summed E-state index contributed by atoms with van der Waals surface area (Å²) in [4.78, 5) is 11.7. The summed E-state index contributed by atoms with van der Waals surface area (Å²) in [5.74, 6) is 0.514. The fraction of sp³-hybridized carbons (Fsp3) is 0.909. The van der Waals surface area contributed by atoms with E-state index in [9.17, 15) is 4.79 Å². The molecule has 1 aliphatic heterocycles. The molecule has 1 heterocycles. The van der Waals surface area contributed by atoms with Crippen molar-refractivity contribution in [3.05, 3.63) is 0 Å². The van der Waals surface area contributed by atoms with Crippen LogP contribution in [0.2, 0.25) is 0 Å². The highest BCUT2D eigenvalue weighted by molar-refractivity contribution is 5.81. The third kappa shape index (κ3) is 4.62. The molecule has 0 aliphatic carbocycles. The SMILES string of the molecule is COCC(C)CNC(=O)C1CCCCN1. The molecule has 0 bridgehead atoms. The van der Waals surface area contributed by atoms with Crippen LogP contribution < -0.4 is 10.6 Å². The average molecular weight is 214 g/mol. The number of ether oxygens (including phenoxy) is 1. The molecule has 0 radical (unpaired) electrons. The molecule has 1 aliphatic rings. The van der Waals surface area contributed by atoms with Gasteiger partial charge in [0.2, 0.25) is 5.91 Å². The molecule has 0 saturated carbocycles. The number of rotatable bonds is 5. The number of methoxy groups -OCH3 is 1. The molecule has 2 N–H and O–H groups in total. The molecule has 0 aromatic carbocycles. The Kier molecular flexibility index (Phi) is 5.65. The third-order valence-electron chi connectivity index (χ3n) is 2.70. The summed E-state index contributed by atoms with van der Waals surface area (Å²) in [6, 6.07) is 0.0218. The number of carbonyl (C=O) groups excluding carboxylic acids is 1.